The summed E-state index contributed by atoms with van der Waals surface area (Å²) in [5, 5.41) is 5.21. The molecule has 0 bridgehead atoms. The molecule has 0 radical (unpaired) electrons. The quantitative estimate of drug-likeness (QED) is 0.652. The van der Waals surface area contributed by atoms with Gasteiger partial charge in [-0.2, -0.15) is 0 Å². The maximum atomic E-state index is 13.1. The molecule has 27 heavy (non-hydrogen) atoms. The van der Waals surface area contributed by atoms with Crippen LogP contribution in [0.4, 0.5) is 0 Å². The van der Waals surface area contributed by atoms with E-state index < -0.39 is 0 Å². The average Bonchev–Trinajstić information content (AvgIpc) is 3.39. The first-order valence-electron chi connectivity index (χ1n) is 9.26. The second kappa shape index (κ2) is 7.92. The van der Waals surface area contributed by atoms with Crippen LogP contribution < -0.4 is 10.1 Å². The maximum absolute atomic E-state index is 13.1. The molecule has 138 valence electrons. The van der Waals surface area contributed by atoms with Crippen LogP contribution in [0, 0.1) is 0 Å². The highest BCUT2D eigenvalue weighted by Gasteiger charge is 2.43. The van der Waals surface area contributed by atoms with Crippen LogP contribution >= 0.6 is 11.3 Å². The lowest BCUT2D eigenvalue weighted by atomic mass is 9.83. The molecule has 1 amide bonds. The lowest BCUT2D eigenvalue weighted by molar-refractivity contribution is -0.126. The predicted molar refractivity (Wildman–Crippen MR) is 107 cm³/mol. The lowest BCUT2D eigenvalue weighted by Gasteiger charge is -2.26. The summed E-state index contributed by atoms with van der Waals surface area (Å²) in [5.41, 5.74) is 0.659. The number of carbonyl (C=O) groups excluding carboxylic acids is 1. The Morgan fingerprint density at radius 1 is 1.11 bits per heavy atom. The van der Waals surface area contributed by atoms with Crippen LogP contribution in [0.15, 0.2) is 66.2 Å². The minimum Gasteiger partial charge on any atom is -0.439 e. The minimum atomic E-state index is -0.351. The van der Waals surface area contributed by atoms with E-state index in [1.54, 1.807) is 17.5 Å². The van der Waals surface area contributed by atoms with Gasteiger partial charge in [0, 0.05) is 23.7 Å². The maximum Gasteiger partial charge on any atom is 0.231 e. The topological polar surface area (TPSA) is 51.2 Å². The molecule has 3 aromatic rings. The lowest BCUT2D eigenvalue weighted by Crippen LogP contribution is -2.41. The molecule has 1 aliphatic carbocycles. The van der Waals surface area contributed by atoms with E-state index in [1.165, 1.54) is 4.88 Å². The highest BCUT2D eigenvalue weighted by Crippen LogP contribution is 2.43. The van der Waals surface area contributed by atoms with E-state index in [1.807, 2.05) is 48.5 Å². The number of aromatic nitrogens is 1. The summed E-state index contributed by atoms with van der Waals surface area (Å²) in [6.45, 7) is 0.491. The average molecular weight is 378 g/mol. The number of ether oxygens (including phenoxy) is 1. The van der Waals surface area contributed by atoms with Gasteiger partial charge in [0.2, 0.25) is 11.8 Å². The smallest absolute Gasteiger partial charge is 0.231 e. The fourth-order valence-corrected chi connectivity index (χ4v) is 4.70. The number of carbonyl (C=O) groups is 1. The predicted octanol–water partition coefficient (Wildman–Crippen LogP) is 5.06. The van der Waals surface area contributed by atoms with Gasteiger partial charge < -0.3 is 10.1 Å². The van der Waals surface area contributed by atoms with E-state index in [4.69, 9.17) is 4.74 Å². The van der Waals surface area contributed by atoms with Crippen molar-refractivity contribution in [2.45, 2.75) is 37.6 Å². The molecule has 1 saturated carbocycles. The Labute approximate surface area is 163 Å². The van der Waals surface area contributed by atoms with Crippen LogP contribution in [0.3, 0.4) is 0 Å². The Hall–Kier alpha value is -2.66. The van der Waals surface area contributed by atoms with Crippen LogP contribution in [-0.4, -0.2) is 10.9 Å². The largest absolute Gasteiger partial charge is 0.439 e. The monoisotopic (exact) mass is 378 g/mol. The second-order valence-electron chi connectivity index (χ2n) is 6.87. The van der Waals surface area contributed by atoms with E-state index in [2.05, 4.69) is 21.7 Å². The summed E-state index contributed by atoms with van der Waals surface area (Å²) in [6.07, 6.45) is 5.78. The molecule has 4 rings (SSSR count). The van der Waals surface area contributed by atoms with Gasteiger partial charge in [0.1, 0.15) is 5.75 Å². The van der Waals surface area contributed by atoms with Crippen LogP contribution in [0.5, 0.6) is 11.6 Å². The summed E-state index contributed by atoms with van der Waals surface area (Å²) in [4.78, 5) is 18.4. The minimum absolute atomic E-state index is 0.137. The molecule has 1 aromatic carbocycles. The number of nitrogens with one attached hydrogen (secondary N) is 1. The number of thiophene rings is 1. The van der Waals surface area contributed by atoms with Gasteiger partial charge in [-0.1, -0.05) is 37.1 Å². The molecule has 0 spiro atoms. The number of hydrogen-bond acceptors (Lipinski definition) is 4. The Morgan fingerprint density at radius 3 is 2.74 bits per heavy atom. The van der Waals surface area contributed by atoms with E-state index >= 15 is 0 Å². The van der Waals surface area contributed by atoms with Crippen LogP contribution in [-0.2, 0) is 16.8 Å². The molecule has 0 saturated heterocycles. The molecule has 2 aromatic heterocycles. The first kappa shape index (κ1) is 17.7. The van der Waals surface area contributed by atoms with E-state index in [0.29, 0.717) is 18.2 Å². The van der Waals surface area contributed by atoms with E-state index in [0.717, 1.165) is 31.2 Å². The van der Waals surface area contributed by atoms with Crippen molar-refractivity contribution in [3.8, 4) is 11.6 Å². The van der Waals surface area contributed by atoms with Crippen molar-refractivity contribution in [2.75, 3.05) is 0 Å². The van der Waals surface area contributed by atoms with Crippen molar-refractivity contribution in [3.05, 3.63) is 76.6 Å². The third-order valence-corrected chi connectivity index (χ3v) is 6.17. The summed E-state index contributed by atoms with van der Waals surface area (Å²) in [5.74, 6) is 1.41. The van der Waals surface area contributed by atoms with Crippen molar-refractivity contribution in [1.29, 1.82) is 0 Å². The van der Waals surface area contributed by atoms with Crippen molar-refractivity contribution in [1.82, 2.24) is 10.3 Å². The fourth-order valence-electron chi connectivity index (χ4n) is 3.71. The highest BCUT2D eigenvalue weighted by molar-refractivity contribution is 7.10. The van der Waals surface area contributed by atoms with Crippen LogP contribution in [0.2, 0.25) is 0 Å². The van der Waals surface area contributed by atoms with Crippen LogP contribution in [0.25, 0.3) is 0 Å². The molecular formula is C22H22N2O2S. The van der Waals surface area contributed by atoms with Gasteiger partial charge in [-0.05, 0) is 48.1 Å². The molecule has 5 heteroatoms. The third-order valence-electron chi connectivity index (χ3n) is 5.10. The second-order valence-corrected chi connectivity index (χ2v) is 7.81. The van der Waals surface area contributed by atoms with Gasteiger partial charge in [-0.25, -0.2) is 4.98 Å². The fraction of sp³-hybridized carbons (Fsp3) is 0.273. The Balaban J connectivity index is 1.44. The van der Waals surface area contributed by atoms with Crippen molar-refractivity contribution in [2.24, 2.45) is 0 Å². The Morgan fingerprint density at radius 2 is 2.00 bits per heavy atom. The Kier molecular flexibility index (Phi) is 5.21. The number of pyridine rings is 1. The molecule has 4 nitrogen and oxygen atoms in total. The molecule has 1 aliphatic rings. The van der Waals surface area contributed by atoms with Gasteiger partial charge in [-0.15, -0.1) is 11.3 Å². The first-order valence-corrected chi connectivity index (χ1v) is 10.1. The van der Waals surface area contributed by atoms with E-state index in [-0.39, 0.29) is 11.3 Å². The zero-order valence-electron chi connectivity index (χ0n) is 15.1. The van der Waals surface area contributed by atoms with Crippen LogP contribution in [0.1, 0.15) is 36.1 Å². The highest BCUT2D eigenvalue weighted by atomic mass is 32.1. The number of amides is 1. The van der Waals surface area contributed by atoms with Gasteiger partial charge in [0.15, 0.2) is 0 Å². The molecular weight excluding hydrogens is 356 g/mol. The number of hydrogen-bond donors (Lipinski definition) is 1. The van der Waals surface area contributed by atoms with Gasteiger partial charge >= 0.3 is 0 Å². The van der Waals surface area contributed by atoms with Crippen molar-refractivity contribution >= 4 is 17.2 Å². The molecule has 2 heterocycles. The molecule has 1 N–H and O–H groups in total. The van der Waals surface area contributed by atoms with Crippen molar-refractivity contribution < 1.29 is 9.53 Å². The Bertz CT molecular complexity index is 888. The molecule has 0 aliphatic heterocycles. The first-order chi connectivity index (χ1) is 13.3. The van der Waals surface area contributed by atoms with E-state index in [9.17, 15) is 4.79 Å². The number of rotatable bonds is 6. The van der Waals surface area contributed by atoms with Gasteiger partial charge in [0.25, 0.3) is 0 Å². The summed E-state index contributed by atoms with van der Waals surface area (Å²) < 4.78 is 5.78. The van der Waals surface area contributed by atoms with Gasteiger partial charge in [-0.3, -0.25) is 4.79 Å². The SMILES string of the molecule is O=C(NCc1cccc(Oc2ccccn2)c1)C1(c2cccs2)CCCC1. The molecule has 1 fully saturated rings. The summed E-state index contributed by atoms with van der Waals surface area (Å²) in [7, 11) is 0. The normalized spacial score (nSPS) is 15.4. The zero-order valence-corrected chi connectivity index (χ0v) is 15.9. The van der Waals surface area contributed by atoms with Crippen molar-refractivity contribution in [3.63, 3.8) is 0 Å². The van der Waals surface area contributed by atoms with Gasteiger partial charge in [0.05, 0.1) is 5.41 Å². The standard InChI is InChI=1S/C22H22N2O2S/c25-21(22(11-2-3-12-22)19-9-6-14-27-19)24-16-17-7-5-8-18(15-17)26-20-10-1-4-13-23-20/h1,4-10,13-15H,2-3,11-12,16H2,(H,24,25). The third kappa shape index (κ3) is 3.88. The molecule has 0 unspecified atom stereocenters. The number of benzene rings is 1. The number of nitrogens with zero attached hydrogens (tertiary/aromatic N) is 1. The summed E-state index contributed by atoms with van der Waals surface area (Å²) in [6, 6.07) is 17.5. The molecule has 0 atom stereocenters. The zero-order chi connectivity index (χ0) is 18.5. The summed E-state index contributed by atoms with van der Waals surface area (Å²) >= 11 is 1.68.